The SMILES string of the molecule is CNS(=O)(=O)c1ccccc1.C[N+](C)(Cc1ccccc1)c1ccccc1. The molecule has 0 aromatic heterocycles. The minimum atomic E-state index is -3.25. The molecule has 0 unspecified atom stereocenters. The fourth-order valence-corrected chi connectivity index (χ4v) is 3.43. The van der Waals surface area contributed by atoms with Gasteiger partial charge in [0.1, 0.15) is 12.2 Å². The van der Waals surface area contributed by atoms with Gasteiger partial charge in [0.25, 0.3) is 0 Å². The lowest BCUT2D eigenvalue weighted by atomic mass is 10.2. The first-order valence-electron chi connectivity index (χ1n) is 8.76. The van der Waals surface area contributed by atoms with Gasteiger partial charge in [-0.3, -0.25) is 4.48 Å². The number of rotatable bonds is 5. The first-order chi connectivity index (χ1) is 12.8. The van der Waals surface area contributed by atoms with E-state index in [1.807, 2.05) is 0 Å². The van der Waals surface area contributed by atoms with Crippen LogP contribution in [0.25, 0.3) is 0 Å². The third-order valence-electron chi connectivity index (χ3n) is 4.20. The molecule has 0 atom stereocenters. The molecule has 0 amide bonds. The second kappa shape index (κ2) is 9.46. The second-order valence-electron chi connectivity index (χ2n) is 6.68. The Labute approximate surface area is 162 Å². The molecular formula is C22H27N2O2S+. The van der Waals surface area contributed by atoms with E-state index in [0.29, 0.717) is 4.90 Å². The number of para-hydroxylation sites is 1. The van der Waals surface area contributed by atoms with E-state index in [-0.39, 0.29) is 0 Å². The zero-order valence-electron chi connectivity index (χ0n) is 16.0. The van der Waals surface area contributed by atoms with E-state index in [0.717, 1.165) is 11.0 Å². The molecule has 0 aliphatic rings. The molecule has 4 nitrogen and oxygen atoms in total. The highest BCUT2D eigenvalue weighted by Crippen LogP contribution is 2.21. The number of nitrogens with zero attached hydrogens (tertiary/aromatic N) is 1. The van der Waals surface area contributed by atoms with Crippen LogP contribution in [0.4, 0.5) is 5.69 Å². The van der Waals surface area contributed by atoms with Gasteiger partial charge in [-0.15, -0.1) is 0 Å². The Morgan fingerprint density at radius 1 is 0.741 bits per heavy atom. The summed E-state index contributed by atoms with van der Waals surface area (Å²) in [6.45, 7) is 1.02. The van der Waals surface area contributed by atoms with Crippen molar-refractivity contribution >= 4 is 15.7 Å². The van der Waals surface area contributed by atoms with Gasteiger partial charge in [-0.2, -0.15) is 0 Å². The molecule has 0 aliphatic heterocycles. The van der Waals surface area contributed by atoms with Gasteiger partial charge < -0.3 is 0 Å². The lowest BCUT2D eigenvalue weighted by Gasteiger charge is -2.29. The van der Waals surface area contributed by atoms with Crippen molar-refractivity contribution in [2.75, 3.05) is 21.1 Å². The summed E-state index contributed by atoms with van der Waals surface area (Å²) in [5.41, 5.74) is 2.71. The largest absolute Gasteiger partial charge is 0.292 e. The van der Waals surface area contributed by atoms with Crippen molar-refractivity contribution in [3.63, 3.8) is 0 Å². The highest BCUT2D eigenvalue weighted by atomic mass is 32.2. The minimum absolute atomic E-state index is 0.294. The number of nitrogens with one attached hydrogen (secondary N) is 1. The molecule has 0 heterocycles. The van der Waals surface area contributed by atoms with Crippen LogP contribution in [-0.4, -0.2) is 29.6 Å². The maximum absolute atomic E-state index is 11.1. The molecule has 3 rings (SSSR count). The van der Waals surface area contributed by atoms with Gasteiger partial charge in [0.2, 0.25) is 10.0 Å². The number of hydrogen-bond donors (Lipinski definition) is 1. The molecule has 27 heavy (non-hydrogen) atoms. The molecule has 0 saturated carbocycles. The van der Waals surface area contributed by atoms with Crippen LogP contribution in [0.15, 0.2) is 95.9 Å². The van der Waals surface area contributed by atoms with E-state index in [1.165, 1.54) is 18.3 Å². The fourth-order valence-electron chi connectivity index (χ4n) is 2.68. The first-order valence-corrected chi connectivity index (χ1v) is 10.2. The summed E-state index contributed by atoms with van der Waals surface area (Å²) in [5.74, 6) is 0. The summed E-state index contributed by atoms with van der Waals surface area (Å²) in [4.78, 5) is 0.294. The summed E-state index contributed by atoms with van der Waals surface area (Å²) in [7, 11) is 2.62. The van der Waals surface area contributed by atoms with Crippen LogP contribution in [0.2, 0.25) is 0 Å². The molecule has 0 spiro atoms. The van der Waals surface area contributed by atoms with Crippen LogP contribution in [-0.2, 0) is 16.6 Å². The van der Waals surface area contributed by atoms with Crippen LogP contribution in [0, 0.1) is 0 Å². The first kappa shape index (κ1) is 20.8. The Bertz CT molecular complexity index is 910. The minimum Gasteiger partial charge on any atom is -0.292 e. The Morgan fingerprint density at radius 2 is 1.19 bits per heavy atom. The molecule has 1 N–H and O–H groups in total. The third kappa shape index (κ3) is 6.32. The standard InChI is InChI=1S/C15H18N.C7H9NO2S/c1-16(2,15-11-7-4-8-12-15)13-14-9-5-3-6-10-14;1-8-11(9,10)7-5-3-2-4-6-7/h3-12H,13H2,1-2H3;2-6,8H,1H3/q+1;. The molecule has 0 fully saturated rings. The normalized spacial score (nSPS) is 11.4. The van der Waals surface area contributed by atoms with Crippen molar-refractivity contribution in [2.45, 2.75) is 11.4 Å². The maximum atomic E-state index is 11.1. The average molecular weight is 384 g/mol. The Kier molecular flexibility index (Phi) is 7.30. The summed E-state index contributed by atoms with van der Waals surface area (Å²) in [6, 6.07) is 29.5. The maximum Gasteiger partial charge on any atom is 0.240 e. The van der Waals surface area contributed by atoms with Crippen molar-refractivity contribution in [3.8, 4) is 0 Å². The van der Waals surface area contributed by atoms with Gasteiger partial charge in [0.15, 0.2) is 0 Å². The lowest BCUT2D eigenvalue weighted by molar-refractivity contribution is 0.392. The third-order valence-corrected chi connectivity index (χ3v) is 5.63. The van der Waals surface area contributed by atoms with Crippen molar-refractivity contribution < 1.29 is 8.42 Å². The number of hydrogen-bond acceptors (Lipinski definition) is 2. The second-order valence-corrected chi connectivity index (χ2v) is 8.57. The van der Waals surface area contributed by atoms with E-state index >= 15 is 0 Å². The molecule has 3 aromatic rings. The van der Waals surface area contributed by atoms with Crippen LogP contribution < -0.4 is 9.21 Å². The molecule has 142 valence electrons. The van der Waals surface area contributed by atoms with Crippen LogP contribution in [0.3, 0.4) is 0 Å². The van der Waals surface area contributed by atoms with Crippen LogP contribution >= 0.6 is 0 Å². The summed E-state index contributed by atoms with van der Waals surface area (Å²) < 4.78 is 25.3. The number of sulfonamides is 1. The molecule has 3 aromatic carbocycles. The number of quaternary nitrogens is 1. The van der Waals surface area contributed by atoms with Gasteiger partial charge in [0.05, 0.1) is 19.0 Å². The Hall–Kier alpha value is -2.47. The van der Waals surface area contributed by atoms with Crippen molar-refractivity contribution in [1.82, 2.24) is 9.21 Å². The van der Waals surface area contributed by atoms with E-state index in [9.17, 15) is 8.42 Å². The van der Waals surface area contributed by atoms with Gasteiger partial charge in [-0.1, -0.05) is 66.7 Å². The van der Waals surface area contributed by atoms with Gasteiger partial charge in [0, 0.05) is 5.56 Å². The number of benzene rings is 3. The van der Waals surface area contributed by atoms with E-state index < -0.39 is 10.0 Å². The van der Waals surface area contributed by atoms with Crippen molar-refractivity contribution in [1.29, 1.82) is 0 Å². The van der Waals surface area contributed by atoms with Gasteiger partial charge in [-0.05, 0) is 31.3 Å². The molecule has 0 aliphatic carbocycles. The van der Waals surface area contributed by atoms with E-state index in [2.05, 4.69) is 79.5 Å². The predicted molar refractivity (Wildman–Crippen MR) is 113 cm³/mol. The monoisotopic (exact) mass is 383 g/mol. The molecule has 5 heteroatoms. The zero-order valence-corrected chi connectivity index (χ0v) is 16.9. The molecule has 0 saturated heterocycles. The zero-order chi connectivity index (χ0) is 19.8. The topological polar surface area (TPSA) is 46.2 Å². The van der Waals surface area contributed by atoms with Gasteiger partial charge in [-0.25, -0.2) is 13.1 Å². The predicted octanol–water partition coefficient (Wildman–Crippen LogP) is 4.05. The summed E-state index contributed by atoms with van der Waals surface area (Å²) in [5, 5.41) is 0. The van der Waals surface area contributed by atoms with E-state index in [4.69, 9.17) is 0 Å². The molecule has 0 radical (unpaired) electrons. The summed E-state index contributed by atoms with van der Waals surface area (Å²) in [6.07, 6.45) is 0. The fraction of sp³-hybridized carbons (Fsp3) is 0.182. The average Bonchev–Trinajstić information content (AvgIpc) is 2.70. The Morgan fingerprint density at radius 3 is 1.67 bits per heavy atom. The van der Waals surface area contributed by atoms with Crippen molar-refractivity contribution in [3.05, 3.63) is 96.6 Å². The smallest absolute Gasteiger partial charge is 0.240 e. The van der Waals surface area contributed by atoms with Crippen LogP contribution in [0.1, 0.15) is 5.56 Å². The van der Waals surface area contributed by atoms with E-state index in [1.54, 1.807) is 30.3 Å². The quantitative estimate of drug-likeness (QED) is 0.676. The summed E-state index contributed by atoms with van der Waals surface area (Å²) >= 11 is 0. The molecule has 0 bridgehead atoms. The van der Waals surface area contributed by atoms with Gasteiger partial charge >= 0.3 is 0 Å². The lowest BCUT2D eigenvalue weighted by Crippen LogP contribution is -2.39. The highest BCUT2D eigenvalue weighted by Gasteiger charge is 2.18. The Balaban J connectivity index is 0.000000208. The highest BCUT2D eigenvalue weighted by molar-refractivity contribution is 7.89. The van der Waals surface area contributed by atoms with Crippen LogP contribution in [0.5, 0.6) is 0 Å². The van der Waals surface area contributed by atoms with Crippen molar-refractivity contribution in [2.24, 2.45) is 0 Å². The molecular weight excluding hydrogens is 356 g/mol.